The number of nitrogens with two attached hydrogens (primary N) is 1. The highest BCUT2D eigenvalue weighted by Crippen LogP contribution is 2.24. The topological polar surface area (TPSA) is 29.3 Å². The van der Waals surface area contributed by atoms with Crippen LogP contribution in [0.3, 0.4) is 0 Å². The van der Waals surface area contributed by atoms with Gasteiger partial charge in [-0.05, 0) is 49.1 Å². The Morgan fingerprint density at radius 3 is 3.06 bits per heavy atom. The maximum absolute atomic E-state index is 6.20. The first kappa shape index (κ1) is 12.7. The van der Waals surface area contributed by atoms with E-state index in [0.717, 1.165) is 28.7 Å². The molecule has 0 radical (unpaired) electrons. The Morgan fingerprint density at radius 2 is 2.29 bits per heavy atom. The zero-order chi connectivity index (χ0) is 12.3. The zero-order valence-corrected chi connectivity index (χ0v) is 11.2. The van der Waals surface area contributed by atoms with Crippen molar-refractivity contribution in [3.8, 4) is 0 Å². The van der Waals surface area contributed by atoms with E-state index in [4.69, 9.17) is 17.3 Å². The molecule has 1 aromatic rings. The lowest BCUT2D eigenvalue weighted by molar-refractivity contribution is 0.165. The van der Waals surface area contributed by atoms with E-state index >= 15 is 0 Å². The van der Waals surface area contributed by atoms with E-state index in [1.165, 1.54) is 32.4 Å². The molecule has 1 heterocycles. The van der Waals surface area contributed by atoms with Gasteiger partial charge in [0.05, 0.1) is 0 Å². The highest BCUT2D eigenvalue weighted by molar-refractivity contribution is 6.31. The van der Waals surface area contributed by atoms with E-state index in [0.29, 0.717) is 0 Å². The van der Waals surface area contributed by atoms with Gasteiger partial charge in [0.1, 0.15) is 0 Å². The van der Waals surface area contributed by atoms with Crippen molar-refractivity contribution < 1.29 is 0 Å². The van der Waals surface area contributed by atoms with E-state index in [2.05, 4.69) is 11.8 Å². The third-order valence-electron chi connectivity index (χ3n) is 3.64. The van der Waals surface area contributed by atoms with Crippen molar-refractivity contribution in [1.82, 2.24) is 4.90 Å². The van der Waals surface area contributed by atoms with E-state index < -0.39 is 0 Å². The van der Waals surface area contributed by atoms with Crippen molar-refractivity contribution in [3.05, 3.63) is 28.8 Å². The predicted octanol–water partition coefficient (Wildman–Crippen LogP) is 3.54. The Bertz CT molecular complexity index is 378. The Hall–Kier alpha value is -0.730. The van der Waals surface area contributed by atoms with Gasteiger partial charge < -0.3 is 5.73 Å². The summed E-state index contributed by atoms with van der Waals surface area (Å²) in [5.41, 5.74) is 7.76. The van der Waals surface area contributed by atoms with Crippen molar-refractivity contribution in [2.24, 2.45) is 5.92 Å². The molecule has 0 amide bonds. The van der Waals surface area contributed by atoms with Gasteiger partial charge in [0, 0.05) is 23.8 Å². The minimum atomic E-state index is 0.799. The molecule has 1 saturated heterocycles. The largest absolute Gasteiger partial charge is 0.399 e. The molecule has 2 nitrogen and oxygen atoms in total. The fourth-order valence-electron chi connectivity index (χ4n) is 2.58. The quantitative estimate of drug-likeness (QED) is 0.834. The number of rotatable bonds is 3. The second kappa shape index (κ2) is 5.74. The second-order valence-corrected chi connectivity index (χ2v) is 5.41. The summed E-state index contributed by atoms with van der Waals surface area (Å²) in [4.78, 5) is 2.50. The number of anilines is 1. The summed E-state index contributed by atoms with van der Waals surface area (Å²) < 4.78 is 0. The number of halogens is 1. The zero-order valence-electron chi connectivity index (χ0n) is 10.5. The number of benzene rings is 1. The van der Waals surface area contributed by atoms with Crippen LogP contribution in [0, 0.1) is 5.92 Å². The van der Waals surface area contributed by atoms with Crippen molar-refractivity contribution in [2.75, 3.05) is 18.8 Å². The Kier molecular flexibility index (Phi) is 4.30. The van der Waals surface area contributed by atoms with Gasteiger partial charge in [-0.3, -0.25) is 4.90 Å². The molecule has 0 spiro atoms. The van der Waals surface area contributed by atoms with Gasteiger partial charge in [-0.1, -0.05) is 24.9 Å². The smallest absolute Gasteiger partial charge is 0.0452 e. The molecule has 94 valence electrons. The standard InChI is InChI=1S/C14H21ClN2/c1-2-11-4-3-7-17(9-11)10-12-8-13(16)5-6-14(12)15/h5-6,8,11H,2-4,7,9-10,16H2,1H3. The molecule has 17 heavy (non-hydrogen) atoms. The van der Waals surface area contributed by atoms with Crippen LogP contribution in [0.5, 0.6) is 0 Å². The molecule has 2 N–H and O–H groups in total. The van der Waals surface area contributed by atoms with Crippen molar-refractivity contribution in [1.29, 1.82) is 0 Å². The highest BCUT2D eigenvalue weighted by atomic mass is 35.5. The maximum Gasteiger partial charge on any atom is 0.0452 e. The van der Waals surface area contributed by atoms with E-state index in [9.17, 15) is 0 Å². The first-order chi connectivity index (χ1) is 8.19. The van der Waals surface area contributed by atoms with E-state index in [1.54, 1.807) is 0 Å². The lowest BCUT2D eigenvalue weighted by Crippen LogP contribution is -2.34. The lowest BCUT2D eigenvalue weighted by Gasteiger charge is -2.32. The Balaban J connectivity index is 2.02. The predicted molar refractivity (Wildman–Crippen MR) is 74.2 cm³/mol. The van der Waals surface area contributed by atoms with Crippen LogP contribution in [0.15, 0.2) is 18.2 Å². The first-order valence-electron chi connectivity index (χ1n) is 6.45. The molecule has 3 heteroatoms. The van der Waals surface area contributed by atoms with Crippen LogP contribution in [0.4, 0.5) is 5.69 Å². The van der Waals surface area contributed by atoms with Crippen LogP contribution in [0.25, 0.3) is 0 Å². The van der Waals surface area contributed by atoms with Gasteiger partial charge in [-0.15, -0.1) is 0 Å². The van der Waals surface area contributed by atoms with Gasteiger partial charge in [-0.25, -0.2) is 0 Å². The summed E-state index contributed by atoms with van der Waals surface area (Å²) in [7, 11) is 0. The van der Waals surface area contributed by atoms with Gasteiger partial charge in [0.2, 0.25) is 0 Å². The SMILES string of the molecule is CCC1CCCN(Cc2cc(N)ccc2Cl)C1. The van der Waals surface area contributed by atoms with E-state index in [-0.39, 0.29) is 0 Å². The summed E-state index contributed by atoms with van der Waals surface area (Å²) >= 11 is 6.20. The number of hydrogen-bond donors (Lipinski definition) is 1. The molecule has 0 aliphatic carbocycles. The van der Waals surface area contributed by atoms with E-state index in [1.807, 2.05) is 18.2 Å². The summed E-state index contributed by atoms with van der Waals surface area (Å²) in [6.07, 6.45) is 3.96. The average molecular weight is 253 g/mol. The van der Waals surface area contributed by atoms with Gasteiger partial charge in [-0.2, -0.15) is 0 Å². The van der Waals surface area contributed by atoms with Crippen molar-refractivity contribution >= 4 is 17.3 Å². The third kappa shape index (κ3) is 3.36. The molecule has 1 aliphatic heterocycles. The normalized spacial score (nSPS) is 21.6. The maximum atomic E-state index is 6.20. The van der Waals surface area contributed by atoms with Crippen LogP contribution < -0.4 is 5.73 Å². The van der Waals surface area contributed by atoms with Crippen molar-refractivity contribution in [3.63, 3.8) is 0 Å². The Morgan fingerprint density at radius 1 is 1.47 bits per heavy atom. The molecular weight excluding hydrogens is 232 g/mol. The first-order valence-corrected chi connectivity index (χ1v) is 6.83. The molecule has 1 unspecified atom stereocenters. The van der Waals surface area contributed by atoms with Crippen LogP contribution in [-0.4, -0.2) is 18.0 Å². The molecule has 1 fully saturated rings. The molecule has 0 bridgehead atoms. The second-order valence-electron chi connectivity index (χ2n) is 5.00. The Labute approximate surface area is 109 Å². The minimum Gasteiger partial charge on any atom is -0.399 e. The monoisotopic (exact) mass is 252 g/mol. The number of hydrogen-bond acceptors (Lipinski definition) is 2. The van der Waals surface area contributed by atoms with Gasteiger partial charge in [0.15, 0.2) is 0 Å². The average Bonchev–Trinajstić information content (AvgIpc) is 2.34. The molecule has 0 aromatic heterocycles. The number of likely N-dealkylation sites (tertiary alicyclic amines) is 1. The fraction of sp³-hybridized carbons (Fsp3) is 0.571. The molecule has 1 aromatic carbocycles. The summed E-state index contributed by atoms with van der Waals surface area (Å²) in [6, 6.07) is 5.75. The molecular formula is C14H21ClN2. The molecule has 1 atom stereocenters. The highest BCUT2D eigenvalue weighted by Gasteiger charge is 2.19. The fourth-order valence-corrected chi connectivity index (χ4v) is 2.76. The summed E-state index contributed by atoms with van der Waals surface area (Å²) in [6.45, 7) is 5.59. The van der Waals surface area contributed by atoms with Crippen LogP contribution >= 0.6 is 11.6 Å². The molecule has 2 rings (SSSR count). The van der Waals surface area contributed by atoms with Gasteiger partial charge in [0.25, 0.3) is 0 Å². The molecule has 1 aliphatic rings. The minimum absolute atomic E-state index is 0.799. The van der Waals surface area contributed by atoms with Crippen LogP contribution in [0.1, 0.15) is 31.7 Å². The lowest BCUT2D eigenvalue weighted by atomic mass is 9.95. The van der Waals surface area contributed by atoms with Crippen LogP contribution in [0.2, 0.25) is 5.02 Å². The molecule has 0 saturated carbocycles. The number of nitrogen functional groups attached to an aromatic ring is 1. The number of piperidine rings is 1. The van der Waals surface area contributed by atoms with Gasteiger partial charge >= 0.3 is 0 Å². The summed E-state index contributed by atoms with van der Waals surface area (Å²) in [5.74, 6) is 0.851. The number of nitrogens with zero attached hydrogens (tertiary/aromatic N) is 1. The van der Waals surface area contributed by atoms with Crippen LogP contribution in [-0.2, 0) is 6.54 Å². The summed E-state index contributed by atoms with van der Waals surface area (Å²) in [5, 5.41) is 0.831. The third-order valence-corrected chi connectivity index (χ3v) is 4.01. The van der Waals surface area contributed by atoms with Crippen molar-refractivity contribution in [2.45, 2.75) is 32.7 Å².